The van der Waals surface area contributed by atoms with Crippen molar-refractivity contribution in [1.82, 2.24) is 14.9 Å². The minimum absolute atomic E-state index is 0.346. The molecular weight excluding hydrogens is 330 g/mol. The summed E-state index contributed by atoms with van der Waals surface area (Å²) in [6, 6.07) is 8.80. The Hall–Kier alpha value is -2.63. The van der Waals surface area contributed by atoms with Gasteiger partial charge in [-0.1, -0.05) is 51.1 Å². The number of nitrogens with one attached hydrogen (secondary N) is 1. The van der Waals surface area contributed by atoms with Crippen molar-refractivity contribution in [3.05, 3.63) is 41.7 Å². The Labute approximate surface area is 153 Å². The molecule has 2 heterocycles. The van der Waals surface area contributed by atoms with Gasteiger partial charge in [-0.25, -0.2) is 9.78 Å². The minimum atomic E-state index is -1.04. The second kappa shape index (κ2) is 6.94. The molecule has 0 saturated carbocycles. The molecule has 0 spiro atoms. The first-order valence-electron chi connectivity index (χ1n) is 8.97. The molecule has 0 radical (unpaired) electrons. The Morgan fingerprint density at radius 1 is 1.19 bits per heavy atom. The minimum Gasteiger partial charge on any atom is -0.480 e. The molecule has 0 unspecified atom stereocenters. The Balaban J connectivity index is 1.99. The Kier molecular flexibility index (Phi) is 4.85. The van der Waals surface area contributed by atoms with E-state index in [1.165, 1.54) is 0 Å². The fraction of sp³-hybridized carbons (Fsp3) is 0.450. The Morgan fingerprint density at radius 3 is 2.50 bits per heavy atom. The van der Waals surface area contributed by atoms with Crippen LogP contribution in [0.4, 0.5) is 0 Å². The highest BCUT2D eigenvalue weighted by atomic mass is 16.4. The first-order chi connectivity index (χ1) is 12.3. The molecule has 0 bridgehead atoms. The average molecular weight is 355 g/mol. The lowest BCUT2D eigenvalue weighted by molar-refractivity contribution is -0.142. The molecule has 1 aromatic heterocycles. The van der Waals surface area contributed by atoms with Gasteiger partial charge in [-0.15, -0.1) is 0 Å². The van der Waals surface area contributed by atoms with Gasteiger partial charge in [0, 0.05) is 12.1 Å². The number of carbonyl (C=O) groups is 2. The van der Waals surface area contributed by atoms with Crippen LogP contribution in [0.25, 0.3) is 11.4 Å². The van der Waals surface area contributed by atoms with E-state index in [-0.39, 0.29) is 0 Å². The second-order valence-corrected chi connectivity index (χ2v) is 7.82. The van der Waals surface area contributed by atoms with E-state index < -0.39 is 23.3 Å². The molecule has 2 aromatic rings. The molecule has 3 rings (SSSR count). The number of benzene rings is 1. The molecule has 0 fully saturated rings. The van der Waals surface area contributed by atoms with Crippen LogP contribution in [0.15, 0.2) is 30.3 Å². The molecule has 1 aliphatic rings. The summed E-state index contributed by atoms with van der Waals surface area (Å²) < 4.78 is 2.10. The van der Waals surface area contributed by atoms with E-state index in [2.05, 4.69) is 14.9 Å². The van der Waals surface area contributed by atoms with Crippen molar-refractivity contribution in [2.45, 2.75) is 52.6 Å². The maximum absolute atomic E-state index is 12.9. The highest BCUT2D eigenvalue weighted by molar-refractivity contribution is 5.97. The smallest absolute Gasteiger partial charge is 0.326 e. The van der Waals surface area contributed by atoms with Crippen molar-refractivity contribution in [3.8, 4) is 11.4 Å². The summed E-state index contributed by atoms with van der Waals surface area (Å²) in [6.07, 6.45) is 2.82. The number of aliphatic carboxylic acids is 1. The summed E-state index contributed by atoms with van der Waals surface area (Å²) in [5, 5.41) is 12.2. The van der Waals surface area contributed by atoms with Crippen LogP contribution in [0.1, 0.15) is 49.8 Å². The summed E-state index contributed by atoms with van der Waals surface area (Å²) in [5.74, 6) is -0.685. The number of rotatable bonds is 4. The van der Waals surface area contributed by atoms with Crippen molar-refractivity contribution in [1.29, 1.82) is 0 Å². The van der Waals surface area contributed by atoms with Gasteiger partial charge in [-0.2, -0.15) is 0 Å². The molecule has 6 heteroatoms. The van der Waals surface area contributed by atoms with Gasteiger partial charge in [0.05, 0.1) is 5.69 Å². The van der Waals surface area contributed by atoms with Crippen molar-refractivity contribution >= 4 is 11.9 Å². The monoisotopic (exact) mass is 355 g/mol. The molecule has 138 valence electrons. The Morgan fingerprint density at radius 2 is 1.88 bits per heavy atom. The largest absolute Gasteiger partial charge is 0.480 e. The lowest BCUT2D eigenvalue weighted by atomic mass is 9.86. The molecule has 0 saturated heterocycles. The standard InChI is InChI=1S/C20H25N3O3/c1-20(2,3)16(19(25)26)22-18(24)15-14-11-7-8-12-23(14)17(21-15)13-9-5-4-6-10-13/h4-6,9-10,16H,7-8,11-12H2,1-3H3,(H,22,24)(H,25,26)/t16-/m1/s1. The van der Waals surface area contributed by atoms with Crippen LogP contribution in [-0.4, -0.2) is 32.6 Å². The zero-order chi connectivity index (χ0) is 18.9. The van der Waals surface area contributed by atoms with Gasteiger partial charge in [-0.3, -0.25) is 4.79 Å². The van der Waals surface area contributed by atoms with E-state index in [1.807, 2.05) is 30.3 Å². The third-order valence-electron chi connectivity index (χ3n) is 4.75. The number of carboxylic acids is 1. The van der Waals surface area contributed by atoms with Gasteiger partial charge in [0.25, 0.3) is 5.91 Å². The quantitative estimate of drug-likeness (QED) is 0.882. The van der Waals surface area contributed by atoms with E-state index in [4.69, 9.17) is 0 Å². The first kappa shape index (κ1) is 18.2. The van der Waals surface area contributed by atoms with Gasteiger partial charge in [0.1, 0.15) is 17.6 Å². The molecule has 0 aliphatic carbocycles. The number of fused-ring (bicyclic) bond motifs is 1. The summed E-state index contributed by atoms with van der Waals surface area (Å²) in [5.41, 5.74) is 1.61. The predicted molar refractivity (Wildman–Crippen MR) is 98.9 cm³/mol. The number of aromatic nitrogens is 2. The van der Waals surface area contributed by atoms with Crippen LogP contribution in [0.2, 0.25) is 0 Å². The van der Waals surface area contributed by atoms with Crippen LogP contribution in [0, 0.1) is 5.41 Å². The fourth-order valence-corrected chi connectivity index (χ4v) is 3.38. The van der Waals surface area contributed by atoms with Crippen molar-refractivity contribution < 1.29 is 14.7 Å². The maximum atomic E-state index is 12.9. The molecule has 1 aromatic carbocycles. The third kappa shape index (κ3) is 3.49. The zero-order valence-electron chi connectivity index (χ0n) is 15.5. The van der Waals surface area contributed by atoms with Gasteiger partial charge >= 0.3 is 5.97 Å². The highest BCUT2D eigenvalue weighted by Gasteiger charge is 2.34. The van der Waals surface area contributed by atoms with Crippen LogP contribution in [-0.2, 0) is 17.8 Å². The second-order valence-electron chi connectivity index (χ2n) is 7.82. The number of nitrogens with zero attached hydrogens (tertiary/aromatic N) is 2. The van der Waals surface area contributed by atoms with Crippen LogP contribution < -0.4 is 5.32 Å². The lowest BCUT2D eigenvalue weighted by Crippen LogP contribution is -2.49. The molecule has 1 aliphatic heterocycles. The SMILES string of the molecule is CC(C)(C)[C@H](NC(=O)c1nc(-c2ccccc2)n2c1CCCC2)C(=O)O. The number of amides is 1. The van der Waals surface area contributed by atoms with E-state index in [0.717, 1.165) is 42.9 Å². The van der Waals surface area contributed by atoms with Gasteiger partial charge < -0.3 is 15.0 Å². The molecule has 1 amide bonds. The topological polar surface area (TPSA) is 84.2 Å². The number of carboxylic acid groups (broad SMARTS) is 1. The van der Waals surface area contributed by atoms with E-state index in [0.29, 0.717) is 5.69 Å². The van der Waals surface area contributed by atoms with Crippen LogP contribution >= 0.6 is 0 Å². The highest BCUT2D eigenvalue weighted by Crippen LogP contribution is 2.28. The number of imidazole rings is 1. The van der Waals surface area contributed by atoms with E-state index in [9.17, 15) is 14.7 Å². The third-order valence-corrected chi connectivity index (χ3v) is 4.75. The summed E-state index contributed by atoms with van der Waals surface area (Å²) in [7, 11) is 0. The Bertz CT molecular complexity index is 819. The van der Waals surface area contributed by atoms with Crippen LogP contribution in [0.5, 0.6) is 0 Å². The molecule has 2 N–H and O–H groups in total. The van der Waals surface area contributed by atoms with Gasteiger partial charge in [-0.05, 0) is 24.7 Å². The molecule has 1 atom stereocenters. The summed E-state index contributed by atoms with van der Waals surface area (Å²) in [6.45, 7) is 6.21. The average Bonchev–Trinajstić information content (AvgIpc) is 2.99. The van der Waals surface area contributed by atoms with Gasteiger partial charge in [0.15, 0.2) is 0 Å². The maximum Gasteiger partial charge on any atom is 0.326 e. The molecular formula is C20H25N3O3. The number of carbonyl (C=O) groups excluding carboxylic acids is 1. The number of hydrogen-bond donors (Lipinski definition) is 2. The van der Waals surface area contributed by atoms with E-state index >= 15 is 0 Å². The first-order valence-corrected chi connectivity index (χ1v) is 8.97. The predicted octanol–water partition coefficient (Wildman–Crippen LogP) is 3.12. The van der Waals surface area contributed by atoms with Gasteiger partial charge in [0.2, 0.25) is 0 Å². The molecule has 26 heavy (non-hydrogen) atoms. The van der Waals surface area contributed by atoms with E-state index in [1.54, 1.807) is 20.8 Å². The fourth-order valence-electron chi connectivity index (χ4n) is 3.38. The van der Waals surface area contributed by atoms with Crippen molar-refractivity contribution in [2.75, 3.05) is 0 Å². The van der Waals surface area contributed by atoms with Crippen molar-refractivity contribution in [2.24, 2.45) is 5.41 Å². The molecule has 6 nitrogen and oxygen atoms in total. The lowest BCUT2D eigenvalue weighted by Gasteiger charge is -2.27. The van der Waals surface area contributed by atoms with Crippen LogP contribution in [0.3, 0.4) is 0 Å². The van der Waals surface area contributed by atoms with Crippen molar-refractivity contribution in [3.63, 3.8) is 0 Å². The summed E-state index contributed by atoms with van der Waals surface area (Å²) >= 11 is 0. The zero-order valence-corrected chi connectivity index (χ0v) is 15.5. The number of hydrogen-bond acceptors (Lipinski definition) is 3. The normalized spacial score (nSPS) is 15.2. The summed E-state index contributed by atoms with van der Waals surface area (Å²) in [4.78, 5) is 29.1.